The molecule has 0 fully saturated rings. The topological polar surface area (TPSA) is 63.5 Å². The number of nitrogens with one attached hydrogen (secondary N) is 1. The molecule has 2 heterocycles. The average Bonchev–Trinajstić information content (AvgIpc) is 3.06. The molecule has 0 bridgehead atoms. The first kappa shape index (κ1) is 16.4. The van der Waals surface area contributed by atoms with Crippen molar-refractivity contribution in [1.82, 2.24) is 9.38 Å². The van der Waals surface area contributed by atoms with E-state index in [0.29, 0.717) is 5.69 Å². The molecule has 6 heteroatoms. The van der Waals surface area contributed by atoms with Gasteiger partial charge in [-0.25, -0.2) is 13.4 Å². The molecule has 0 spiro atoms. The average molecular weight is 363 g/mol. The molecule has 0 aliphatic rings. The predicted octanol–water partition coefficient (Wildman–Crippen LogP) is 3.94. The zero-order valence-corrected chi connectivity index (χ0v) is 14.7. The summed E-state index contributed by atoms with van der Waals surface area (Å²) in [5.74, 6) is -0.0631. The fourth-order valence-corrected chi connectivity index (χ4v) is 4.01. The number of rotatable bonds is 5. The molecule has 26 heavy (non-hydrogen) atoms. The van der Waals surface area contributed by atoms with Crippen LogP contribution in [0.25, 0.3) is 16.9 Å². The number of pyridine rings is 1. The molecule has 0 amide bonds. The highest BCUT2D eigenvalue weighted by atomic mass is 32.2. The Morgan fingerprint density at radius 2 is 1.73 bits per heavy atom. The van der Waals surface area contributed by atoms with E-state index in [1.807, 2.05) is 65.3 Å². The minimum atomic E-state index is -3.49. The standard InChI is InChI=1S/C20H17N3O2S/c24-26(25,15-16-7-2-1-3-8-16)22-18-10-6-9-17(13-18)19-14-23-12-5-4-11-20(23)21-19/h1-14,22H,15H2. The van der Waals surface area contributed by atoms with Crippen LogP contribution in [-0.2, 0) is 15.8 Å². The maximum Gasteiger partial charge on any atom is 0.236 e. The van der Waals surface area contributed by atoms with Gasteiger partial charge in [-0.3, -0.25) is 4.72 Å². The number of imidazole rings is 1. The van der Waals surface area contributed by atoms with Gasteiger partial charge in [0, 0.05) is 23.6 Å². The lowest BCUT2D eigenvalue weighted by molar-refractivity contribution is 0.600. The van der Waals surface area contributed by atoms with Gasteiger partial charge in [0.05, 0.1) is 11.4 Å². The Morgan fingerprint density at radius 3 is 2.54 bits per heavy atom. The quantitative estimate of drug-likeness (QED) is 0.584. The van der Waals surface area contributed by atoms with Crippen molar-refractivity contribution >= 4 is 21.4 Å². The van der Waals surface area contributed by atoms with Crippen LogP contribution in [0.3, 0.4) is 0 Å². The van der Waals surface area contributed by atoms with E-state index < -0.39 is 10.0 Å². The summed E-state index contributed by atoms with van der Waals surface area (Å²) in [6, 6.07) is 22.2. The molecule has 0 radical (unpaired) electrons. The molecule has 4 aromatic rings. The van der Waals surface area contributed by atoms with Crippen molar-refractivity contribution in [3.63, 3.8) is 0 Å². The number of hydrogen-bond donors (Lipinski definition) is 1. The van der Waals surface area contributed by atoms with E-state index in [9.17, 15) is 8.42 Å². The van der Waals surface area contributed by atoms with Crippen molar-refractivity contribution in [2.24, 2.45) is 0 Å². The van der Waals surface area contributed by atoms with Crippen molar-refractivity contribution in [2.75, 3.05) is 4.72 Å². The summed E-state index contributed by atoms with van der Waals surface area (Å²) < 4.78 is 29.4. The molecule has 0 atom stereocenters. The third-order valence-corrected chi connectivity index (χ3v) is 5.26. The van der Waals surface area contributed by atoms with E-state index in [0.717, 1.165) is 22.5 Å². The number of benzene rings is 2. The molecule has 0 unspecified atom stereocenters. The summed E-state index contributed by atoms with van der Waals surface area (Å²) in [7, 11) is -3.49. The molecule has 0 aliphatic heterocycles. The Bertz CT molecular complexity index is 1120. The zero-order chi connectivity index (χ0) is 18.0. The smallest absolute Gasteiger partial charge is 0.236 e. The van der Waals surface area contributed by atoms with Gasteiger partial charge in [-0.05, 0) is 29.8 Å². The van der Waals surface area contributed by atoms with Gasteiger partial charge < -0.3 is 4.40 Å². The Hall–Kier alpha value is -3.12. The normalized spacial score (nSPS) is 11.5. The molecule has 1 N–H and O–H groups in total. The van der Waals surface area contributed by atoms with Gasteiger partial charge in [0.25, 0.3) is 0 Å². The van der Waals surface area contributed by atoms with Crippen LogP contribution >= 0.6 is 0 Å². The third kappa shape index (κ3) is 3.60. The molecule has 4 rings (SSSR count). The zero-order valence-electron chi connectivity index (χ0n) is 13.9. The van der Waals surface area contributed by atoms with E-state index >= 15 is 0 Å². The van der Waals surface area contributed by atoms with Crippen LogP contribution in [0.5, 0.6) is 0 Å². The highest BCUT2D eigenvalue weighted by Crippen LogP contribution is 2.23. The molecule has 0 saturated heterocycles. The lowest BCUT2D eigenvalue weighted by Crippen LogP contribution is -2.15. The van der Waals surface area contributed by atoms with Gasteiger partial charge in [-0.15, -0.1) is 0 Å². The molecule has 5 nitrogen and oxygen atoms in total. The second-order valence-corrected chi connectivity index (χ2v) is 7.74. The van der Waals surface area contributed by atoms with E-state index in [4.69, 9.17) is 0 Å². The maximum atomic E-state index is 12.4. The first-order chi connectivity index (χ1) is 12.6. The lowest BCUT2D eigenvalue weighted by Gasteiger charge is -2.09. The first-order valence-corrected chi connectivity index (χ1v) is 9.83. The Labute approximate surface area is 152 Å². The maximum absolute atomic E-state index is 12.4. The summed E-state index contributed by atoms with van der Waals surface area (Å²) in [5, 5.41) is 0. The monoisotopic (exact) mass is 363 g/mol. The summed E-state index contributed by atoms with van der Waals surface area (Å²) in [4.78, 5) is 4.57. The lowest BCUT2D eigenvalue weighted by atomic mass is 10.1. The number of nitrogens with zero attached hydrogens (tertiary/aromatic N) is 2. The Balaban J connectivity index is 1.59. The Kier molecular flexibility index (Phi) is 4.18. The number of sulfonamides is 1. The number of hydrogen-bond acceptors (Lipinski definition) is 3. The highest BCUT2D eigenvalue weighted by molar-refractivity contribution is 7.91. The van der Waals surface area contributed by atoms with E-state index in [2.05, 4.69) is 9.71 Å². The van der Waals surface area contributed by atoms with Crippen LogP contribution in [0.1, 0.15) is 5.56 Å². The fourth-order valence-electron chi connectivity index (χ4n) is 2.83. The number of fused-ring (bicyclic) bond motifs is 1. The van der Waals surface area contributed by atoms with Crippen LogP contribution in [0.4, 0.5) is 5.69 Å². The predicted molar refractivity (Wildman–Crippen MR) is 103 cm³/mol. The van der Waals surface area contributed by atoms with Crippen molar-refractivity contribution < 1.29 is 8.42 Å². The van der Waals surface area contributed by atoms with Crippen molar-refractivity contribution in [2.45, 2.75) is 5.75 Å². The highest BCUT2D eigenvalue weighted by Gasteiger charge is 2.12. The van der Waals surface area contributed by atoms with Gasteiger partial charge in [-0.2, -0.15) is 0 Å². The molecule has 2 aromatic heterocycles. The summed E-state index contributed by atoms with van der Waals surface area (Å²) >= 11 is 0. The van der Waals surface area contributed by atoms with Crippen LogP contribution < -0.4 is 4.72 Å². The number of anilines is 1. The van der Waals surface area contributed by atoms with Crippen LogP contribution in [0.2, 0.25) is 0 Å². The van der Waals surface area contributed by atoms with Crippen molar-refractivity contribution in [1.29, 1.82) is 0 Å². The SMILES string of the molecule is O=S(=O)(Cc1ccccc1)Nc1cccc(-c2cn3ccccc3n2)c1. The van der Waals surface area contributed by atoms with Crippen LogP contribution in [-0.4, -0.2) is 17.8 Å². The molecular formula is C20H17N3O2S. The molecular weight excluding hydrogens is 346 g/mol. The van der Waals surface area contributed by atoms with Gasteiger partial charge in [0.1, 0.15) is 5.65 Å². The van der Waals surface area contributed by atoms with Gasteiger partial charge in [0.2, 0.25) is 10.0 Å². The second-order valence-electron chi connectivity index (χ2n) is 6.02. The van der Waals surface area contributed by atoms with Gasteiger partial charge >= 0.3 is 0 Å². The molecule has 0 aliphatic carbocycles. The molecule has 0 saturated carbocycles. The molecule has 130 valence electrons. The van der Waals surface area contributed by atoms with Crippen molar-refractivity contribution in [3.8, 4) is 11.3 Å². The number of aromatic nitrogens is 2. The van der Waals surface area contributed by atoms with E-state index in [1.54, 1.807) is 24.3 Å². The summed E-state index contributed by atoms with van der Waals surface area (Å²) in [6.07, 6.45) is 3.85. The van der Waals surface area contributed by atoms with Gasteiger partial charge in [0.15, 0.2) is 0 Å². The summed E-state index contributed by atoms with van der Waals surface area (Å²) in [5.41, 5.74) is 3.76. The first-order valence-electron chi connectivity index (χ1n) is 8.18. The van der Waals surface area contributed by atoms with E-state index in [1.165, 1.54) is 0 Å². The van der Waals surface area contributed by atoms with Gasteiger partial charge in [-0.1, -0.05) is 48.5 Å². The largest absolute Gasteiger partial charge is 0.306 e. The third-order valence-electron chi connectivity index (χ3n) is 4.00. The van der Waals surface area contributed by atoms with Crippen molar-refractivity contribution in [3.05, 3.63) is 90.8 Å². The Morgan fingerprint density at radius 1 is 0.923 bits per heavy atom. The second kappa shape index (κ2) is 6.65. The minimum absolute atomic E-state index is 0.0631. The molecule has 2 aromatic carbocycles. The minimum Gasteiger partial charge on any atom is -0.306 e. The fraction of sp³-hybridized carbons (Fsp3) is 0.0500. The van der Waals surface area contributed by atoms with Crippen LogP contribution in [0, 0.1) is 0 Å². The van der Waals surface area contributed by atoms with E-state index in [-0.39, 0.29) is 5.75 Å². The van der Waals surface area contributed by atoms with Crippen LogP contribution in [0.15, 0.2) is 85.2 Å². The summed E-state index contributed by atoms with van der Waals surface area (Å²) in [6.45, 7) is 0.